The van der Waals surface area contributed by atoms with Crippen LogP contribution >= 0.6 is 0 Å². The third kappa shape index (κ3) is 3.89. The largest absolute Gasteiger partial charge is 0.480 e. The van der Waals surface area contributed by atoms with Gasteiger partial charge in [-0.25, -0.2) is 16.8 Å². The molecule has 8 nitrogen and oxygen atoms in total. The second kappa shape index (κ2) is 6.56. The van der Waals surface area contributed by atoms with Crippen LogP contribution in [0.15, 0.2) is 34.1 Å². The molecule has 128 valence electrons. The number of hydrogen-bond acceptors (Lipinski definition) is 5. The summed E-state index contributed by atoms with van der Waals surface area (Å²) in [6, 6.07) is 3.45. The number of hydrogen-bond donors (Lipinski definition) is 2. The van der Waals surface area contributed by atoms with Crippen molar-refractivity contribution in [3.05, 3.63) is 24.3 Å². The third-order valence-corrected chi connectivity index (χ3v) is 7.01. The standard InChI is InChI=1S/C13H18N2O6S2/c1-10(13(16)17)14-22(18,19)11-4-6-12(7-5-11)23(20,21)15-8-2-3-9-15/h4-7,10,14H,2-3,8-9H2,1H3,(H,16,17)/t10-/m1/s1. The molecule has 1 aliphatic heterocycles. The maximum absolute atomic E-state index is 12.3. The zero-order valence-corrected chi connectivity index (χ0v) is 14.1. The first-order valence-electron chi connectivity index (χ1n) is 7.00. The Balaban J connectivity index is 2.24. The average molecular weight is 362 g/mol. The summed E-state index contributed by atoms with van der Waals surface area (Å²) < 4.78 is 52.1. The van der Waals surface area contributed by atoms with Crippen molar-refractivity contribution in [2.24, 2.45) is 0 Å². The van der Waals surface area contributed by atoms with E-state index in [1.54, 1.807) is 0 Å². The summed E-state index contributed by atoms with van der Waals surface area (Å²) in [4.78, 5) is 10.6. The van der Waals surface area contributed by atoms with Crippen molar-refractivity contribution in [1.82, 2.24) is 9.03 Å². The van der Waals surface area contributed by atoms with E-state index in [0.29, 0.717) is 13.1 Å². The van der Waals surface area contributed by atoms with Gasteiger partial charge in [0.25, 0.3) is 0 Å². The molecule has 1 aromatic carbocycles. The highest BCUT2D eigenvalue weighted by Gasteiger charge is 2.28. The molecule has 10 heteroatoms. The van der Waals surface area contributed by atoms with Gasteiger partial charge in [-0.05, 0) is 44.0 Å². The predicted molar refractivity (Wildman–Crippen MR) is 81.9 cm³/mol. The minimum Gasteiger partial charge on any atom is -0.480 e. The molecule has 23 heavy (non-hydrogen) atoms. The van der Waals surface area contributed by atoms with Crippen LogP contribution in [0.1, 0.15) is 19.8 Å². The van der Waals surface area contributed by atoms with Crippen LogP contribution in [0.4, 0.5) is 0 Å². The van der Waals surface area contributed by atoms with E-state index in [4.69, 9.17) is 5.11 Å². The summed E-state index contributed by atoms with van der Waals surface area (Å²) in [7, 11) is -7.64. The van der Waals surface area contributed by atoms with Crippen LogP contribution in [0.3, 0.4) is 0 Å². The number of benzene rings is 1. The Labute approximate surface area is 135 Å². The smallest absolute Gasteiger partial charge is 0.321 e. The van der Waals surface area contributed by atoms with Gasteiger partial charge >= 0.3 is 5.97 Å². The Kier molecular flexibility index (Phi) is 5.09. The number of nitrogens with one attached hydrogen (secondary N) is 1. The van der Waals surface area contributed by atoms with Crippen molar-refractivity contribution in [2.75, 3.05) is 13.1 Å². The van der Waals surface area contributed by atoms with Gasteiger partial charge in [0.2, 0.25) is 20.0 Å². The molecule has 0 aromatic heterocycles. The quantitative estimate of drug-likeness (QED) is 0.747. The topological polar surface area (TPSA) is 121 Å². The summed E-state index contributed by atoms with van der Waals surface area (Å²) in [6.07, 6.45) is 1.62. The molecule has 0 unspecified atom stereocenters. The number of carbonyl (C=O) groups is 1. The van der Waals surface area contributed by atoms with Gasteiger partial charge in [0.15, 0.2) is 0 Å². The van der Waals surface area contributed by atoms with Crippen LogP contribution in [0.5, 0.6) is 0 Å². The Morgan fingerprint density at radius 3 is 2.04 bits per heavy atom. The van der Waals surface area contributed by atoms with Crippen molar-refractivity contribution >= 4 is 26.0 Å². The molecule has 1 fully saturated rings. The van der Waals surface area contributed by atoms with Crippen molar-refractivity contribution in [3.8, 4) is 0 Å². The Hall–Kier alpha value is -1.49. The molecule has 0 bridgehead atoms. The number of nitrogens with zero attached hydrogens (tertiary/aromatic N) is 1. The third-order valence-electron chi connectivity index (χ3n) is 3.54. The monoisotopic (exact) mass is 362 g/mol. The van der Waals surface area contributed by atoms with Crippen LogP contribution < -0.4 is 4.72 Å². The highest BCUT2D eigenvalue weighted by Crippen LogP contribution is 2.22. The van der Waals surface area contributed by atoms with Gasteiger partial charge < -0.3 is 5.11 Å². The van der Waals surface area contributed by atoms with Gasteiger partial charge in [0, 0.05) is 13.1 Å². The number of sulfonamides is 2. The maximum atomic E-state index is 12.3. The zero-order chi connectivity index (χ0) is 17.3. The molecule has 0 amide bonds. The molecule has 0 aliphatic carbocycles. The molecule has 1 heterocycles. The van der Waals surface area contributed by atoms with Crippen LogP contribution in [0.25, 0.3) is 0 Å². The molecule has 0 spiro atoms. The lowest BCUT2D eigenvalue weighted by atomic mass is 10.4. The van der Waals surface area contributed by atoms with E-state index >= 15 is 0 Å². The second-order valence-corrected chi connectivity index (χ2v) is 8.92. The van der Waals surface area contributed by atoms with Crippen molar-refractivity contribution in [3.63, 3.8) is 0 Å². The number of aliphatic carboxylic acids is 1. The van der Waals surface area contributed by atoms with E-state index in [2.05, 4.69) is 0 Å². The molecule has 1 aromatic rings. The number of rotatable bonds is 6. The SMILES string of the molecule is C[C@@H](NS(=O)(=O)c1ccc(S(=O)(=O)N2CCCC2)cc1)C(=O)O. The van der Waals surface area contributed by atoms with Crippen LogP contribution in [-0.2, 0) is 24.8 Å². The van der Waals surface area contributed by atoms with E-state index in [1.807, 2.05) is 4.72 Å². The molecule has 2 N–H and O–H groups in total. The van der Waals surface area contributed by atoms with Gasteiger partial charge in [-0.1, -0.05) is 0 Å². The predicted octanol–water partition coefficient (Wildman–Crippen LogP) is 0.222. The maximum Gasteiger partial charge on any atom is 0.321 e. The Morgan fingerprint density at radius 2 is 1.57 bits per heavy atom. The van der Waals surface area contributed by atoms with Crippen molar-refractivity contribution in [2.45, 2.75) is 35.6 Å². The minimum atomic E-state index is -4.03. The molecule has 2 rings (SSSR count). The first-order valence-corrected chi connectivity index (χ1v) is 9.92. The zero-order valence-electron chi connectivity index (χ0n) is 12.5. The summed E-state index contributed by atoms with van der Waals surface area (Å²) in [5.74, 6) is -1.30. The van der Waals surface area contributed by atoms with Crippen LogP contribution in [0.2, 0.25) is 0 Å². The van der Waals surface area contributed by atoms with Crippen molar-refractivity contribution in [1.29, 1.82) is 0 Å². The molecule has 1 aliphatic rings. The average Bonchev–Trinajstić information content (AvgIpc) is 3.01. The fourth-order valence-electron chi connectivity index (χ4n) is 2.22. The molecule has 1 saturated heterocycles. The van der Waals surface area contributed by atoms with E-state index in [9.17, 15) is 21.6 Å². The summed E-state index contributed by atoms with van der Waals surface area (Å²) in [6.45, 7) is 2.12. The fourth-order valence-corrected chi connectivity index (χ4v) is 4.93. The lowest BCUT2D eigenvalue weighted by Crippen LogP contribution is -2.38. The molecular weight excluding hydrogens is 344 g/mol. The van der Waals surface area contributed by atoms with E-state index in [-0.39, 0.29) is 9.79 Å². The van der Waals surface area contributed by atoms with E-state index in [1.165, 1.54) is 23.4 Å². The Bertz CT molecular complexity index is 780. The van der Waals surface area contributed by atoms with Crippen LogP contribution in [0, 0.1) is 0 Å². The Morgan fingerprint density at radius 1 is 1.09 bits per heavy atom. The van der Waals surface area contributed by atoms with Gasteiger partial charge in [-0.3, -0.25) is 4.79 Å². The lowest BCUT2D eigenvalue weighted by Gasteiger charge is -2.16. The van der Waals surface area contributed by atoms with Gasteiger partial charge in [0.05, 0.1) is 9.79 Å². The summed E-state index contributed by atoms with van der Waals surface area (Å²) in [5, 5.41) is 8.75. The molecule has 0 radical (unpaired) electrons. The highest BCUT2D eigenvalue weighted by atomic mass is 32.2. The fraction of sp³-hybridized carbons (Fsp3) is 0.462. The summed E-state index contributed by atoms with van der Waals surface area (Å²) >= 11 is 0. The van der Waals surface area contributed by atoms with Gasteiger partial charge in [0.1, 0.15) is 6.04 Å². The van der Waals surface area contributed by atoms with Crippen LogP contribution in [-0.4, -0.2) is 51.3 Å². The molecule has 1 atom stereocenters. The minimum absolute atomic E-state index is 0.0182. The normalized spacial score (nSPS) is 18.0. The van der Waals surface area contributed by atoms with E-state index < -0.39 is 32.1 Å². The molecule has 0 saturated carbocycles. The van der Waals surface area contributed by atoms with E-state index in [0.717, 1.165) is 25.0 Å². The first kappa shape index (κ1) is 17.9. The van der Waals surface area contributed by atoms with Crippen molar-refractivity contribution < 1.29 is 26.7 Å². The highest BCUT2D eigenvalue weighted by molar-refractivity contribution is 7.89. The number of carboxylic acids is 1. The lowest BCUT2D eigenvalue weighted by molar-refractivity contribution is -0.138. The van der Waals surface area contributed by atoms with Gasteiger partial charge in [-0.15, -0.1) is 0 Å². The van der Waals surface area contributed by atoms with Gasteiger partial charge in [-0.2, -0.15) is 9.03 Å². The molecular formula is C13H18N2O6S2. The first-order chi connectivity index (χ1) is 10.6. The second-order valence-electron chi connectivity index (χ2n) is 5.26. The number of carboxylic acid groups (broad SMARTS) is 1. The summed E-state index contributed by atoms with van der Waals surface area (Å²) in [5.41, 5.74) is 0.